The van der Waals surface area contributed by atoms with Crippen molar-refractivity contribution in [2.24, 2.45) is 0 Å². The zero-order valence-electron chi connectivity index (χ0n) is 9.92. The van der Waals surface area contributed by atoms with E-state index in [4.69, 9.17) is 5.11 Å². The van der Waals surface area contributed by atoms with Crippen LogP contribution in [0.25, 0.3) is 11.4 Å². The molecule has 6 nitrogen and oxygen atoms in total. The lowest BCUT2D eigenvalue weighted by molar-refractivity contribution is -0.137. The van der Waals surface area contributed by atoms with Gasteiger partial charge >= 0.3 is 5.97 Å². The molecule has 0 aliphatic carbocycles. The molecule has 0 aromatic carbocycles. The van der Waals surface area contributed by atoms with Gasteiger partial charge in [0.1, 0.15) is 11.5 Å². The molecule has 0 spiro atoms. The fraction of sp³-hybridized carbons (Fsp3) is 0.250. The summed E-state index contributed by atoms with van der Waals surface area (Å²) in [6.07, 6.45) is 1.86. The summed E-state index contributed by atoms with van der Waals surface area (Å²) in [6.45, 7) is 1.79. The van der Waals surface area contributed by atoms with E-state index in [1.54, 1.807) is 13.0 Å². The van der Waals surface area contributed by atoms with Gasteiger partial charge in [-0.25, -0.2) is 0 Å². The highest BCUT2D eigenvalue weighted by Crippen LogP contribution is 2.14. The van der Waals surface area contributed by atoms with Crippen LogP contribution in [0.5, 0.6) is 0 Å². The maximum Gasteiger partial charge on any atom is 0.305 e. The maximum atomic E-state index is 10.5. The van der Waals surface area contributed by atoms with Crippen molar-refractivity contribution in [2.45, 2.75) is 19.4 Å². The Morgan fingerprint density at radius 1 is 1.44 bits per heavy atom. The third-order valence-electron chi connectivity index (χ3n) is 2.41. The Balaban J connectivity index is 2.02. The molecule has 94 valence electrons. The van der Waals surface area contributed by atoms with E-state index in [2.05, 4.69) is 20.5 Å². The van der Waals surface area contributed by atoms with E-state index >= 15 is 0 Å². The molecule has 2 aromatic rings. The molecule has 2 heterocycles. The van der Waals surface area contributed by atoms with E-state index < -0.39 is 5.97 Å². The average Bonchev–Trinajstić information content (AvgIpc) is 2.82. The normalized spacial score (nSPS) is 12.1. The third kappa shape index (κ3) is 3.07. The van der Waals surface area contributed by atoms with Gasteiger partial charge in [-0.2, -0.15) is 0 Å². The van der Waals surface area contributed by atoms with Crippen LogP contribution >= 0.6 is 0 Å². The molecule has 0 fully saturated rings. The second-order valence-electron chi connectivity index (χ2n) is 4.03. The first-order valence-electron chi connectivity index (χ1n) is 5.61. The van der Waals surface area contributed by atoms with Crippen molar-refractivity contribution in [3.8, 4) is 11.4 Å². The maximum absolute atomic E-state index is 10.5. The summed E-state index contributed by atoms with van der Waals surface area (Å²) < 4.78 is 0. The lowest BCUT2D eigenvalue weighted by atomic mass is 10.2. The first-order valence-corrected chi connectivity index (χ1v) is 5.61. The highest BCUT2D eigenvalue weighted by Gasteiger charge is 2.08. The van der Waals surface area contributed by atoms with Crippen molar-refractivity contribution in [3.05, 3.63) is 30.5 Å². The summed E-state index contributed by atoms with van der Waals surface area (Å²) in [6, 6.07) is 7.21. The SMILES string of the molecule is CC(CC(=O)O)Nc1ccc(-c2ccc[nH]2)nn1. The first-order chi connectivity index (χ1) is 8.65. The highest BCUT2D eigenvalue weighted by atomic mass is 16.4. The van der Waals surface area contributed by atoms with Gasteiger partial charge in [-0.15, -0.1) is 10.2 Å². The Bertz CT molecular complexity index is 507. The van der Waals surface area contributed by atoms with Gasteiger partial charge in [0, 0.05) is 12.2 Å². The van der Waals surface area contributed by atoms with Gasteiger partial charge in [0.15, 0.2) is 0 Å². The summed E-state index contributed by atoms with van der Waals surface area (Å²) in [5.41, 5.74) is 1.64. The van der Waals surface area contributed by atoms with Crippen LogP contribution in [0.2, 0.25) is 0 Å². The smallest absolute Gasteiger partial charge is 0.305 e. The molecular formula is C12H14N4O2. The lowest BCUT2D eigenvalue weighted by Crippen LogP contribution is -2.20. The van der Waals surface area contributed by atoms with Crippen LogP contribution in [0.3, 0.4) is 0 Å². The van der Waals surface area contributed by atoms with E-state index in [0.717, 1.165) is 11.4 Å². The summed E-state index contributed by atoms with van der Waals surface area (Å²) in [7, 11) is 0. The molecule has 1 unspecified atom stereocenters. The number of nitrogens with one attached hydrogen (secondary N) is 2. The van der Waals surface area contributed by atoms with Crippen LogP contribution < -0.4 is 5.32 Å². The fourth-order valence-electron chi connectivity index (χ4n) is 1.61. The molecule has 0 amide bonds. The monoisotopic (exact) mass is 246 g/mol. The van der Waals surface area contributed by atoms with Crippen molar-refractivity contribution in [1.29, 1.82) is 0 Å². The highest BCUT2D eigenvalue weighted by molar-refractivity contribution is 5.68. The topological polar surface area (TPSA) is 90.9 Å². The average molecular weight is 246 g/mol. The molecule has 0 radical (unpaired) electrons. The number of anilines is 1. The Labute approximate surface area is 104 Å². The predicted molar refractivity (Wildman–Crippen MR) is 67.2 cm³/mol. The van der Waals surface area contributed by atoms with Crippen LogP contribution in [0.1, 0.15) is 13.3 Å². The van der Waals surface area contributed by atoms with Gasteiger partial charge in [0.2, 0.25) is 0 Å². The van der Waals surface area contributed by atoms with Crippen molar-refractivity contribution in [1.82, 2.24) is 15.2 Å². The number of H-pyrrole nitrogens is 1. The molecule has 0 aliphatic heterocycles. The summed E-state index contributed by atoms with van der Waals surface area (Å²) >= 11 is 0. The number of rotatable bonds is 5. The second kappa shape index (κ2) is 5.31. The number of carboxylic acid groups (broad SMARTS) is 1. The number of nitrogens with zero attached hydrogens (tertiary/aromatic N) is 2. The van der Waals surface area contributed by atoms with Crippen molar-refractivity contribution < 1.29 is 9.90 Å². The minimum absolute atomic E-state index is 0.0417. The van der Waals surface area contributed by atoms with Gasteiger partial charge in [-0.1, -0.05) is 0 Å². The predicted octanol–water partition coefficient (Wildman–Crippen LogP) is 1.75. The third-order valence-corrected chi connectivity index (χ3v) is 2.41. The van der Waals surface area contributed by atoms with E-state index in [1.165, 1.54) is 0 Å². The van der Waals surface area contributed by atoms with Crippen LogP contribution in [-0.2, 0) is 4.79 Å². The van der Waals surface area contributed by atoms with Crippen molar-refractivity contribution in [3.63, 3.8) is 0 Å². The molecule has 6 heteroatoms. The van der Waals surface area contributed by atoms with Crippen LogP contribution in [0.4, 0.5) is 5.82 Å². The van der Waals surface area contributed by atoms with Crippen molar-refractivity contribution >= 4 is 11.8 Å². The quantitative estimate of drug-likeness (QED) is 0.747. The van der Waals surface area contributed by atoms with Gasteiger partial charge in [0.05, 0.1) is 12.1 Å². The Hall–Kier alpha value is -2.37. The van der Waals surface area contributed by atoms with Crippen LogP contribution in [0, 0.1) is 0 Å². The molecule has 0 bridgehead atoms. The second-order valence-corrected chi connectivity index (χ2v) is 4.03. The number of hydrogen-bond donors (Lipinski definition) is 3. The van der Waals surface area contributed by atoms with E-state index in [1.807, 2.05) is 24.4 Å². The molecule has 3 N–H and O–H groups in total. The largest absolute Gasteiger partial charge is 0.481 e. The van der Waals surface area contributed by atoms with Gasteiger partial charge in [-0.3, -0.25) is 4.79 Å². The summed E-state index contributed by atoms with van der Waals surface area (Å²) in [5, 5.41) is 19.7. The molecule has 2 rings (SSSR count). The standard InChI is InChI=1S/C12H14N4O2/c1-8(7-12(17)18)14-11-5-4-10(15-16-11)9-3-2-6-13-9/h2-6,8,13H,7H2,1H3,(H,14,16)(H,17,18). The molecule has 0 aliphatic rings. The molecule has 1 atom stereocenters. The Morgan fingerprint density at radius 3 is 2.83 bits per heavy atom. The van der Waals surface area contributed by atoms with E-state index in [9.17, 15) is 4.79 Å². The van der Waals surface area contributed by atoms with E-state index in [0.29, 0.717) is 5.82 Å². The minimum atomic E-state index is -0.842. The zero-order valence-corrected chi connectivity index (χ0v) is 9.92. The molecular weight excluding hydrogens is 232 g/mol. The number of carboxylic acids is 1. The molecule has 0 saturated carbocycles. The number of hydrogen-bond acceptors (Lipinski definition) is 4. The first kappa shape index (κ1) is 12.1. The number of aliphatic carboxylic acids is 1. The number of aromatic nitrogens is 3. The fourth-order valence-corrected chi connectivity index (χ4v) is 1.61. The molecule has 2 aromatic heterocycles. The minimum Gasteiger partial charge on any atom is -0.481 e. The summed E-state index contributed by atoms with van der Waals surface area (Å²) in [5.74, 6) is -0.273. The van der Waals surface area contributed by atoms with E-state index in [-0.39, 0.29) is 12.5 Å². The number of carbonyl (C=O) groups is 1. The molecule has 0 saturated heterocycles. The summed E-state index contributed by atoms with van der Waals surface area (Å²) in [4.78, 5) is 13.6. The van der Waals surface area contributed by atoms with Crippen LogP contribution in [-0.4, -0.2) is 32.3 Å². The van der Waals surface area contributed by atoms with Gasteiger partial charge in [-0.05, 0) is 31.2 Å². The van der Waals surface area contributed by atoms with Gasteiger partial charge in [0.25, 0.3) is 0 Å². The lowest BCUT2D eigenvalue weighted by Gasteiger charge is -2.11. The molecule has 18 heavy (non-hydrogen) atoms. The number of aromatic amines is 1. The van der Waals surface area contributed by atoms with Crippen LogP contribution in [0.15, 0.2) is 30.5 Å². The van der Waals surface area contributed by atoms with Crippen molar-refractivity contribution in [2.75, 3.05) is 5.32 Å². The Kier molecular flexibility index (Phi) is 3.57. The zero-order chi connectivity index (χ0) is 13.0. The Morgan fingerprint density at radius 2 is 2.28 bits per heavy atom. The van der Waals surface area contributed by atoms with Gasteiger partial charge < -0.3 is 15.4 Å².